The summed E-state index contributed by atoms with van der Waals surface area (Å²) < 4.78 is 0. The van der Waals surface area contributed by atoms with Crippen molar-refractivity contribution in [3.63, 3.8) is 0 Å². The molecule has 0 unspecified atom stereocenters. The third kappa shape index (κ3) is 3.05. The average Bonchev–Trinajstić information content (AvgIpc) is 2.83. The fraction of sp³-hybridized carbons (Fsp3) is 0.533. The molecule has 0 aliphatic heterocycles. The van der Waals surface area contributed by atoms with Crippen molar-refractivity contribution in [3.8, 4) is 0 Å². The van der Waals surface area contributed by atoms with Crippen molar-refractivity contribution in [2.45, 2.75) is 38.6 Å². The van der Waals surface area contributed by atoms with Gasteiger partial charge in [-0.3, -0.25) is 9.69 Å². The Morgan fingerprint density at radius 2 is 2.14 bits per heavy atom. The van der Waals surface area contributed by atoms with E-state index in [1.807, 2.05) is 11.9 Å². The monoisotopic (exact) mass is 320 g/mol. The van der Waals surface area contributed by atoms with Crippen LogP contribution in [0.4, 0.5) is 5.82 Å². The lowest BCUT2D eigenvalue weighted by atomic mass is 9.97. The first kappa shape index (κ1) is 15.2. The molecule has 2 aromatic heterocycles. The van der Waals surface area contributed by atoms with Gasteiger partial charge in [0.05, 0.1) is 18.4 Å². The molecular formula is C15H20N4O2S. The highest BCUT2D eigenvalue weighted by Crippen LogP contribution is 2.37. The van der Waals surface area contributed by atoms with Gasteiger partial charge in [0.1, 0.15) is 16.5 Å². The number of carboxylic acid groups (broad SMARTS) is 1. The molecule has 3 rings (SSSR count). The summed E-state index contributed by atoms with van der Waals surface area (Å²) in [6.45, 7) is 0.980. The van der Waals surface area contributed by atoms with Gasteiger partial charge in [-0.25, -0.2) is 9.97 Å². The molecule has 22 heavy (non-hydrogen) atoms. The Morgan fingerprint density at radius 1 is 1.36 bits per heavy atom. The fourth-order valence-electron chi connectivity index (χ4n) is 2.91. The average molecular weight is 320 g/mol. The van der Waals surface area contributed by atoms with Crippen LogP contribution in [-0.4, -0.2) is 39.5 Å². The summed E-state index contributed by atoms with van der Waals surface area (Å²) in [6.07, 6.45) is 4.74. The van der Waals surface area contributed by atoms with Gasteiger partial charge in [-0.05, 0) is 38.3 Å². The topological polar surface area (TPSA) is 92.3 Å². The summed E-state index contributed by atoms with van der Waals surface area (Å²) in [4.78, 5) is 24.0. The lowest BCUT2D eigenvalue weighted by Crippen LogP contribution is -2.22. The zero-order valence-electron chi connectivity index (χ0n) is 12.6. The van der Waals surface area contributed by atoms with Gasteiger partial charge < -0.3 is 10.8 Å². The van der Waals surface area contributed by atoms with Crippen LogP contribution in [-0.2, 0) is 24.2 Å². The number of carboxylic acids is 1. The number of thiophene rings is 1. The lowest BCUT2D eigenvalue weighted by molar-refractivity contribution is -0.137. The highest BCUT2D eigenvalue weighted by Gasteiger charge is 2.20. The van der Waals surface area contributed by atoms with E-state index in [2.05, 4.69) is 9.97 Å². The van der Waals surface area contributed by atoms with E-state index in [9.17, 15) is 4.79 Å². The molecule has 0 spiro atoms. The van der Waals surface area contributed by atoms with Crippen LogP contribution in [0.25, 0.3) is 10.2 Å². The molecule has 118 valence electrons. The van der Waals surface area contributed by atoms with Gasteiger partial charge in [-0.1, -0.05) is 0 Å². The SMILES string of the molecule is CN(CCC(=O)O)Cc1nc(N)c2c3c(sc2n1)CCCC3. The van der Waals surface area contributed by atoms with Gasteiger partial charge in [-0.2, -0.15) is 0 Å². The predicted octanol–water partition coefficient (Wildman–Crippen LogP) is 2.06. The number of nitrogen functional groups attached to an aromatic ring is 1. The standard InChI is InChI=1S/C15H20N4O2S/c1-19(7-6-12(20)21)8-11-17-14(16)13-9-4-2-3-5-10(9)22-15(13)18-11/h2-8H2,1H3,(H,20,21)(H2,16,17,18). The molecule has 0 bridgehead atoms. The lowest BCUT2D eigenvalue weighted by Gasteiger charge is -2.14. The first-order valence-corrected chi connectivity index (χ1v) is 8.33. The summed E-state index contributed by atoms with van der Waals surface area (Å²) >= 11 is 1.73. The van der Waals surface area contributed by atoms with Gasteiger partial charge in [0.25, 0.3) is 0 Å². The molecule has 1 aliphatic carbocycles. The summed E-state index contributed by atoms with van der Waals surface area (Å²) in [6, 6.07) is 0. The summed E-state index contributed by atoms with van der Waals surface area (Å²) in [5.74, 6) is 0.427. The number of nitrogens with two attached hydrogens (primary N) is 1. The van der Waals surface area contributed by atoms with Gasteiger partial charge in [-0.15, -0.1) is 11.3 Å². The normalized spacial score (nSPS) is 14.5. The minimum Gasteiger partial charge on any atom is -0.481 e. The van der Waals surface area contributed by atoms with E-state index in [4.69, 9.17) is 10.8 Å². The molecule has 2 heterocycles. The third-order valence-electron chi connectivity index (χ3n) is 4.01. The first-order valence-electron chi connectivity index (χ1n) is 7.51. The molecule has 7 heteroatoms. The number of rotatable bonds is 5. The van der Waals surface area contributed by atoms with Crippen molar-refractivity contribution < 1.29 is 9.90 Å². The number of hydrogen-bond donors (Lipinski definition) is 2. The van der Waals surface area contributed by atoms with E-state index < -0.39 is 5.97 Å². The van der Waals surface area contributed by atoms with Crippen LogP contribution in [0.15, 0.2) is 0 Å². The zero-order valence-corrected chi connectivity index (χ0v) is 13.4. The molecule has 0 radical (unpaired) electrons. The second kappa shape index (κ2) is 6.18. The van der Waals surface area contributed by atoms with Crippen molar-refractivity contribution in [1.29, 1.82) is 0 Å². The highest BCUT2D eigenvalue weighted by molar-refractivity contribution is 7.19. The highest BCUT2D eigenvalue weighted by atomic mass is 32.1. The maximum absolute atomic E-state index is 10.6. The van der Waals surface area contributed by atoms with E-state index in [1.54, 1.807) is 11.3 Å². The number of anilines is 1. The Balaban J connectivity index is 1.84. The largest absolute Gasteiger partial charge is 0.481 e. The van der Waals surface area contributed by atoms with Crippen LogP contribution in [0.1, 0.15) is 35.5 Å². The number of aryl methyl sites for hydroxylation is 2. The zero-order chi connectivity index (χ0) is 15.7. The molecular weight excluding hydrogens is 300 g/mol. The van der Waals surface area contributed by atoms with Crippen LogP contribution in [0.5, 0.6) is 0 Å². The first-order chi connectivity index (χ1) is 10.5. The van der Waals surface area contributed by atoms with Crippen LogP contribution in [0.2, 0.25) is 0 Å². The molecule has 3 N–H and O–H groups in total. The van der Waals surface area contributed by atoms with Crippen LogP contribution >= 0.6 is 11.3 Å². The number of carbonyl (C=O) groups is 1. The van der Waals surface area contributed by atoms with Gasteiger partial charge in [0.15, 0.2) is 0 Å². The summed E-state index contributed by atoms with van der Waals surface area (Å²) in [5.41, 5.74) is 7.51. The molecule has 0 saturated heterocycles. The van der Waals surface area contributed by atoms with Gasteiger partial charge in [0, 0.05) is 11.4 Å². The van der Waals surface area contributed by atoms with Crippen molar-refractivity contribution >= 4 is 33.3 Å². The molecule has 1 aliphatic rings. The minimum atomic E-state index is -0.798. The van der Waals surface area contributed by atoms with E-state index in [1.165, 1.54) is 23.3 Å². The van der Waals surface area contributed by atoms with Crippen molar-refractivity contribution in [3.05, 3.63) is 16.3 Å². The predicted molar refractivity (Wildman–Crippen MR) is 87.1 cm³/mol. The smallest absolute Gasteiger partial charge is 0.304 e. The number of aliphatic carboxylic acids is 1. The van der Waals surface area contributed by atoms with Crippen molar-refractivity contribution in [2.75, 3.05) is 19.3 Å². The van der Waals surface area contributed by atoms with Crippen LogP contribution < -0.4 is 5.73 Å². The number of hydrogen-bond acceptors (Lipinski definition) is 6. The third-order valence-corrected chi connectivity index (χ3v) is 5.19. The van der Waals surface area contributed by atoms with Crippen LogP contribution in [0.3, 0.4) is 0 Å². The van der Waals surface area contributed by atoms with Crippen molar-refractivity contribution in [1.82, 2.24) is 14.9 Å². The molecule has 0 atom stereocenters. The second-order valence-corrected chi connectivity index (χ2v) is 6.88. The van der Waals surface area contributed by atoms with E-state index in [-0.39, 0.29) is 6.42 Å². The van der Waals surface area contributed by atoms with Gasteiger partial charge in [0.2, 0.25) is 0 Å². The minimum absolute atomic E-state index is 0.113. The summed E-state index contributed by atoms with van der Waals surface area (Å²) in [5, 5.41) is 9.77. The molecule has 0 fully saturated rings. The quantitative estimate of drug-likeness (QED) is 0.876. The molecule has 0 saturated carbocycles. The fourth-order valence-corrected chi connectivity index (χ4v) is 4.20. The second-order valence-electron chi connectivity index (χ2n) is 5.80. The Morgan fingerprint density at radius 3 is 2.91 bits per heavy atom. The van der Waals surface area contributed by atoms with Crippen LogP contribution in [0, 0.1) is 0 Å². The number of fused-ring (bicyclic) bond motifs is 3. The molecule has 2 aromatic rings. The number of nitrogens with zero attached hydrogens (tertiary/aromatic N) is 3. The van der Waals surface area contributed by atoms with E-state index >= 15 is 0 Å². The maximum Gasteiger partial charge on any atom is 0.304 e. The Bertz CT molecular complexity index is 713. The number of aromatic nitrogens is 2. The molecule has 0 amide bonds. The Labute approximate surface area is 133 Å². The Kier molecular flexibility index (Phi) is 4.26. The Hall–Kier alpha value is -1.73. The van der Waals surface area contributed by atoms with Crippen molar-refractivity contribution in [2.24, 2.45) is 0 Å². The molecule has 6 nitrogen and oxygen atoms in total. The maximum atomic E-state index is 10.6. The summed E-state index contributed by atoms with van der Waals surface area (Å²) in [7, 11) is 1.87. The van der Waals surface area contributed by atoms with E-state index in [0.717, 1.165) is 23.1 Å². The van der Waals surface area contributed by atoms with Gasteiger partial charge >= 0.3 is 5.97 Å². The van der Waals surface area contributed by atoms with E-state index in [0.29, 0.717) is 24.7 Å². The molecule has 0 aromatic carbocycles.